The maximum Gasteiger partial charge on any atom is 0.306 e. The second-order valence-corrected chi connectivity index (χ2v) is 4.39. The zero-order chi connectivity index (χ0) is 13.5. The van der Waals surface area contributed by atoms with E-state index in [9.17, 15) is 14.4 Å². The number of carbonyl (C=O) groups excluding carboxylic acids is 2. The lowest BCUT2D eigenvalue weighted by atomic mass is 9.97. The third-order valence-corrected chi connectivity index (χ3v) is 3.02. The minimum Gasteiger partial charge on any atom is -0.481 e. The molecule has 7 nitrogen and oxygen atoms in total. The highest BCUT2D eigenvalue weighted by molar-refractivity contribution is 5.79. The molecule has 0 aromatic carbocycles. The van der Waals surface area contributed by atoms with Crippen LogP contribution in [0, 0.1) is 5.92 Å². The Morgan fingerprint density at radius 2 is 1.89 bits per heavy atom. The highest BCUT2D eigenvalue weighted by Crippen LogP contribution is 2.16. The molecule has 0 aromatic heterocycles. The quantitative estimate of drug-likeness (QED) is 0.516. The molecule has 18 heavy (non-hydrogen) atoms. The van der Waals surface area contributed by atoms with Crippen molar-refractivity contribution < 1.29 is 19.5 Å². The Bertz CT molecular complexity index is 324. The maximum atomic E-state index is 11.7. The second kappa shape index (κ2) is 6.95. The molecule has 0 aliphatic carbocycles. The van der Waals surface area contributed by atoms with E-state index in [0.717, 1.165) is 0 Å². The minimum atomic E-state index is -0.790. The molecule has 0 saturated carbocycles. The fourth-order valence-corrected chi connectivity index (χ4v) is 1.89. The second-order valence-electron chi connectivity index (χ2n) is 4.39. The monoisotopic (exact) mass is 257 g/mol. The Balaban J connectivity index is 2.20. The van der Waals surface area contributed by atoms with Crippen LogP contribution in [0.4, 0.5) is 0 Å². The average Bonchev–Trinajstić information content (AvgIpc) is 2.34. The molecule has 0 aromatic rings. The molecule has 102 valence electrons. The van der Waals surface area contributed by atoms with Gasteiger partial charge in [0.1, 0.15) is 0 Å². The normalized spacial score (nSPS) is 16.6. The van der Waals surface area contributed by atoms with Crippen LogP contribution in [0.2, 0.25) is 0 Å². The average molecular weight is 257 g/mol. The number of hydrogen-bond donors (Lipinski definition) is 3. The van der Waals surface area contributed by atoms with Gasteiger partial charge in [-0.3, -0.25) is 14.4 Å². The smallest absolute Gasteiger partial charge is 0.306 e. The van der Waals surface area contributed by atoms with Crippen LogP contribution in [0.15, 0.2) is 0 Å². The van der Waals surface area contributed by atoms with E-state index in [0.29, 0.717) is 32.5 Å². The number of nitrogens with zero attached hydrogens (tertiary/aromatic N) is 1. The van der Waals surface area contributed by atoms with Gasteiger partial charge in [-0.15, -0.1) is 0 Å². The van der Waals surface area contributed by atoms with Gasteiger partial charge >= 0.3 is 5.97 Å². The maximum absolute atomic E-state index is 11.7. The number of carbonyl (C=O) groups is 3. The number of rotatable bonds is 6. The molecule has 0 spiro atoms. The van der Waals surface area contributed by atoms with Crippen molar-refractivity contribution in [1.82, 2.24) is 10.2 Å². The van der Waals surface area contributed by atoms with E-state index in [4.69, 9.17) is 10.8 Å². The Hall–Kier alpha value is -1.63. The zero-order valence-corrected chi connectivity index (χ0v) is 10.2. The summed E-state index contributed by atoms with van der Waals surface area (Å²) in [4.78, 5) is 34.6. The molecule has 1 aliphatic rings. The first-order valence-corrected chi connectivity index (χ1v) is 6.00. The molecule has 0 atom stereocenters. The molecular weight excluding hydrogens is 238 g/mol. The van der Waals surface area contributed by atoms with Gasteiger partial charge in [-0.25, -0.2) is 0 Å². The van der Waals surface area contributed by atoms with Crippen molar-refractivity contribution in [1.29, 1.82) is 0 Å². The first-order valence-electron chi connectivity index (χ1n) is 6.00. The zero-order valence-electron chi connectivity index (χ0n) is 10.2. The van der Waals surface area contributed by atoms with Crippen LogP contribution < -0.4 is 11.1 Å². The Morgan fingerprint density at radius 1 is 1.28 bits per heavy atom. The summed E-state index contributed by atoms with van der Waals surface area (Å²) in [6.07, 6.45) is 1.21. The van der Waals surface area contributed by atoms with Crippen molar-refractivity contribution in [3.05, 3.63) is 0 Å². The molecule has 0 radical (unpaired) electrons. The Morgan fingerprint density at radius 3 is 2.39 bits per heavy atom. The number of piperidine rings is 1. The van der Waals surface area contributed by atoms with E-state index < -0.39 is 11.9 Å². The summed E-state index contributed by atoms with van der Waals surface area (Å²) in [7, 11) is 0. The van der Waals surface area contributed by atoms with E-state index in [1.54, 1.807) is 4.90 Å². The van der Waals surface area contributed by atoms with Gasteiger partial charge in [0, 0.05) is 26.1 Å². The molecule has 0 unspecified atom stereocenters. The highest BCUT2D eigenvalue weighted by atomic mass is 16.4. The number of likely N-dealkylation sites (tertiary alicyclic amines) is 1. The third-order valence-electron chi connectivity index (χ3n) is 3.02. The number of hydrogen-bond acceptors (Lipinski definition) is 4. The number of nitrogens with two attached hydrogens (primary N) is 1. The topological polar surface area (TPSA) is 113 Å². The third kappa shape index (κ3) is 4.70. The SMILES string of the molecule is NC(=O)CCNCC(=O)N1CCC(C(=O)O)CC1. The minimum absolute atomic E-state index is 0.0664. The van der Waals surface area contributed by atoms with Crippen LogP contribution in [-0.4, -0.2) is 54.0 Å². The van der Waals surface area contributed by atoms with E-state index in [-0.39, 0.29) is 24.8 Å². The summed E-state index contributed by atoms with van der Waals surface area (Å²) < 4.78 is 0. The van der Waals surface area contributed by atoms with E-state index in [2.05, 4.69) is 5.32 Å². The number of nitrogens with one attached hydrogen (secondary N) is 1. The lowest BCUT2D eigenvalue weighted by Gasteiger charge is -2.30. The summed E-state index contributed by atoms with van der Waals surface area (Å²) in [5, 5.41) is 11.7. The van der Waals surface area contributed by atoms with Gasteiger partial charge in [0.25, 0.3) is 0 Å². The fourth-order valence-electron chi connectivity index (χ4n) is 1.89. The summed E-state index contributed by atoms with van der Waals surface area (Å²) in [6.45, 7) is 1.50. The van der Waals surface area contributed by atoms with Gasteiger partial charge in [-0.1, -0.05) is 0 Å². The summed E-state index contributed by atoms with van der Waals surface area (Å²) in [6, 6.07) is 0. The van der Waals surface area contributed by atoms with Gasteiger partial charge in [-0.2, -0.15) is 0 Å². The molecule has 2 amide bonds. The van der Waals surface area contributed by atoms with Gasteiger partial charge in [0.2, 0.25) is 11.8 Å². The summed E-state index contributed by atoms with van der Waals surface area (Å²) in [5.41, 5.74) is 4.97. The fraction of sp³-hybridized carbons (Fsp3) is 0.727. The molecule has 1 rings (SSSR count). The number of primary amides is 1. The molecular formula is C11H19N3O4. The van der Waals surface area contributed by atoms with Crippen molar-refractivity contribution >= 4 is 17.8 Å². The predicted octanol–water partition coefficient (Wildman–Crippen LogP) is -1.23. The van der Waals surface area contributed by atoms with Crippen molar-refractivity contribution in [3.8, 4) is 0 Å². The van der Waals surface area contributed by atoms with Crippen molar-refractivity contribution in [2.24, 2.45) is 11.7 Å². The van der Waals surface area contributed by atoms with Gasteiger partial charge in [0.05, 0.1) is 12.5 Å². The van der Waals surface area contributed by atoms with Crippen molar-refractivity contribution in [3.63, 3.8) is 0 Å². The number of amides is 2. The Labute approximate surface area is 105 Å². The molecule has 4 N–H and O–H groups in total. The van der Waals surface area contributed by atoms with Gasteiger partial charge < -0.3 is 21.1 Å². The lowest BCUT2D eigenvalue weighted by molar-refractivity contribution is -0.145. The largest absolute Gasteiger partial charge is 0.481 e. The molecule has 0 bridgehead atoms. The van der Waals surface area contributed by atoms with Crippen molar-refractivity contribution in [2.75, 3.05) is 26.2 Å². The number of aliphatic carboxylic acids is 1. The standard InChI is InChI=1S/C11H19N3O4/c12-9(15)1-4-13-7-10(16)14-5-2-8(3-6-14)11(17)18/h8,13H,1-7H2,(H2,12,15)(H,17,18). The predicted molar refractivity (Wildman–Crippen MR) is 63.6 cm³/mol. The summed E-state index contributed by atoms with van der Waals surface area (Å²) >= 11 is 0. The molecule has 1 aliphatic heterocycles. The number of carboxylic acid groups (broad SMARTS) is 1. The summed E-state index contributed by atoms with van der Waals surface area (Å²) in [5.74, 6) is -1.60. The van der Waals surface area contributed by atoms with E-state index in [1.165, 1.54) is 0 Å². The van der Waals surface area contributed by atoms with E-state index >= 15 is 0 Å². The number of carboxylic acids is 1. The van der Waals surface area contributed by atoms with Crippen LogP contribution in [-0.2, 0) is 14.4 Å². The van der Waals surface area contributed by atoms with Crippen LogP contribution in [0.3, 0.4) is 0 Å². The molecule has 1 fully saturated rings. The molecule has 1 heterocycles. The first-order chi connectivity index (χ1) is 8.50. The van der Waals surface area contributed by atoms with Gasteiger partial charge in [0.15, 0.2) is 0 Å². The van der Waals surface area contributed by atoms with Gasteiger partial charge in [-0.05, 0) is 12.8 Å². The van der Waals surface area contributed by atoms with Crippen LogP contribution in [0.1, 0.15) is 19.3 Å². The highest BCUT2D eigenvalue weighted by Gasteiger charge is 2.26. The van der Waals surface area contributed by atoms with E-state index in [1.807, 2.05) is 0 Å². The van der Waals surface area contributed by atoms with Crippen LogP contribution >= 0.6 is 0 Å². The lowest BCUT2D eigenvalue weighted by Crippen LogP contribution is -2.44. The van der Waals surface area contributed by atoms with Crippen LogP contribution in [0.25, 0.3) is 0 Å². The van der Waals surface area contributed by atoms with Crippen molar-refractivity contribution in [2.45, 2.75) is 19.3 Å². The molecule has 1 saturated heterocycles. The first kappa shape index (κ1) is 14.4. The van der Waals surface area contributed by atoms with Crippen LogP contribution in [0.5, 0.6) is 0 Å². The Kier molecular flexibility index (Phi) is 5.57. The molecule has 7 heteroatoms.